The number of nitrogens with zero attached hydrogens (tertiary/aromatic N) is 2. The summed E-state index contributed by atoms with van der Waals surface area (Å²) in [4.78, 5) is 4.30. The topological polar surface area (TPSA) is 17.8 Å². The number of aromatic nitrogens is 2. The lowest BCUT2D eigenvalue weighted by molar-refractivity contribution is 0.620. The van der Waals surface area contributed by atoms with E-state index >= 15 is 0 Å². The molecule has 0 amide bonds. The third kappa shape index (κ3) is 2.21. The molecule has 0 aliphatic heterocycles. The number of alkyl halides is 1. The summed E-state index contributed by atoms with van der Waals surface area (Å²) in [6.07, 6.45) is 0. The molecule has 0 fully saturated rings. The third-order valence-electron chi connectivity index (χ3n) is 2.97. The highest BCUT2D eigenvalue weighted by Gasteiger charge is 2.13. The van der Waals surface area contributed by atoms with Crippen molar-refractivity contribution in [3.63, 3.8) is 0 Å². The molecule has 0 aliphatic rings. The fraction of sp³-hybridized carbons (Fsp3) is 0.0714. The second kappa shape index (κ2) is 5.14. The number of hydrogen-bond acceptors (Lipinski definition) is 1. The summed E-state index contributed by atoms with van der Waals surface area (Å²) in [5.74, 6) is 0.0386. The van der Waals surface area contributed by atoms with E-state index in [4.69, 9.17) is 11.6 Å². The van der Waals surface area contributed by atoms with Crippen LogP contribution in [-0.2, 0) is 5.88 Å². The Labute approximate surface area is 127 Å². The zero-order chi connectivity index (χ0) is 14.3. The maximum absolute atomic E-state index is 13.3. The molecule has 20 heavy (non-hydrogen) atoms. The molecule has 3 rings (SSSR count). The fourth-order valence-electron chi connectivity index (χ4n) is 2.11. The van der Waals surface area contributed by atoms with E-state index in [1.807, 2.05) is 0 Å². The smallest absolute Gasteiger partial charge is 0.137 e. The number of hydrogen-bond donors (Lipinski definition) is 0. The summed E-state index contributed by atoms with van der Waals surface area (Å²) < 4.78 is 28.7. The van der Waals surface area contributed by atoms with Gasteiger partial charge in [-0.2, -0.15) is 0 Å². The van der Waals surface area contributed by atoms with Crippen molar-refractivity contribution < 1.29 is 8.78 Å². The van der Waals surface area contributed by atoms with Gasteiger partial charge in [0.05, 0.1) is 21.4 Å². The van der Waals surface area contributed by atoms with Crippen LogP contribution in [0.3, 0.4) is 0 Å². The fourth-order valence-corrected chi connectivity index (χ4v) is 2.65. The zero-order valence-electron chi connectivity index (χ0n) is 10.1. The van der Waals surface area contributed by atoms with Crippen LogP contribution in [0.15, 0.2) is 40.9 Å². The molecule has 3 aromatic rings. The van der Waals surface area contributed by atoms with Crippen LogP contribution in [0.1, 0.15) is 5.82 Å². The second-order valence-electron chi connectivity index (χ2n) is 4.23. The lowest BCUT2D eigenvalue weighted by atomic mass is 10.2. The molecular weight excluding hydrogens is 350 g/mol. The van der Waals surface area contributed by atoms with Crippen molar-refractivity contribution >= 4 is 38.6 Å². The highest BCUT2D eigenvalue weighted by Crippen LogP contribution is 2.26. The molecule has 0 saturated heterocycles. The van der Waals surface area contributed by atoms with E-state index in [0.717, 1.165) is 5.52 Å². The molecule has 2 nitrogen and oxygen atoms in total. The molecule has 1 heterocycles. The van der Waals surface area contributed by atoms with Gasteiger partial charge in [0, 0.05) is 11.8 Å². The van der Waals surface area contributed by atoms with Gasteiger partial charge >= 0.3 is 0 Å². The van der Waals surface area contributed by atoms with Crippen molar-refractivity contribution in [1.29, 1.82) is 0 Å². The Morgan fingerprint density at radius 2 is 1.95 bits per heavy atom. The van der Waals surface area contributed by atoms with E-state index < -0.39 is 0 Å². The summed E-state index contributed by atoms with van der Waals surface area (Å²) in [5, 5.41) is 0. The van der Waals surface area contributed by atoms with E-state index in [1.54, 1.807) is 22.8 Å². The Morgan fingerprint density at radius 1 is 1.15 bits per heavy atom. The first kappa shape index (κ1) is 13.5. The molecule has 102 valence electrons. The van der Waals surface area contributed by atoms with Crippen molar-refractivity contribution in [2.45, 2.75) is 5.88 Å². The van der Waals surface area contributed by atoms with Crippen molar-refractivity contribution in [2.75, 3.05) is 0 Å². The monoisotopic (exact) mass is 356 g/mol. The SMILES string of the molecule is Fc1ccc2c(c1)nc(CCl)n2-c1ccc(F)c(Br)c1. The first-order valence-corrected chi connectivity index (χ1v) is 7.11. The minimum atomic E-state index is -0.358. The molecule has 0 N–H and O–H groups in total. The quantitative estimate of drug-likeness (QED) is 0.602. The molecule has 0 radical (unpaired) electrons. The molecule has 6 heteroatoms. The maximum atomic E-state index is 13.3. The van der Waals surface area contributed by atoms with Gasteiger partial charge in [-0.05, 0) is 46.3 Å². The Hall–Kier alpha value is -1.46. The van der Waals surface area contributed by atoms with E-state index in [-0.39, 0.29) is 17.5 Å². The minimum Gasteiger partial charge on any atom is -0.295 e. The average Bonchev–Trinajstić information content (AvgIpc) is 2.79. The molecule has 0 saturated carbocycles. The standard InChI is InChI=1S/C14H8BrClF2N2/c15-10-6-9(2-3-11(10)18)20-13-4-1-8(17)5-12(13)19-14(20)7-16/h1-6H,7H2. The number of rotatable bonds is 2. The van der Waals surface area contributed by atoms with Crippen LogP contribution in [0.2, 0.25) is 0 Å². The predicted molar refractivity (Wildman–Crippen MR) is 78.2 cm³/mol. The van der Waals surface area contributed by atoms with Gasteiger partial charge in [0.2, 0.25) is 0 Å². The van der Waals surface area contributed by atoms with Gasteiger partial charge in [-0.1, -0.05) is 0 Å². The highest BCUT2D eigenvalue weighted by molar-refractivity contribution is 9.10. The molecule has 1 aromatic heterocycles. The first-order chi connectivity index (χ1) is 9.60. The Bertz CT molecular complexity index is 801. The third-order valence-corrected chi connectivity index (χ3v) is 3.81. The lowest BCUT2D eigenvalue weighted by Crippen LogP contribution is -1.99. The zero-order valence-corrected chi connectivity index (χ0v) is 12.4. The summed E-state index contributed by atoms with van der Waals surface area (Å²) >= 11 is 9.05. The largest absolute Gasteiger partial charge is 0.295 e. The van der Waals surface area contributed by atoms with Gasteiger partial charge in [-0.15, -0.1) is 11.6 Å². The van der Waals surface area contributed by atoms with Crippen molar-refractivity contribution in [3.8, 4) is 5.69 Å². The van der Waals surface area contributed by atoms with Crippen LogP contribution in [-0.4, -0.2) is 9.55 Å². The maximum Gasteiger partial charge on any atom is 0.137 e. The van der Waals surface area contributed by atoms with E-state index in [0.29, 0.717) is 21.5 Å². The van der Waals surface area contributed by atoms with Crippen LogP contribution in [0.4, 0.5) is 8.78 Å². The van der Waals surface area contributed by atoms with Gasteiger partial charge in [-0.3, -0.25) is 4.57 Å². The first-order valence-electron chi connectivity index (χ1n) is 5.78. The summed E-state index contributed by atoms with van der Waals surface area (Å²) in [6.45, 7) is 0. The van der Waals surface area contributed by atoms with Gasteiger partial charge in [0.25, 0.3) is 0 Å². The molecule has 0 atom stereocenters. The summed E-state index contributed by atoms with van der Waals surface area (Å²) in [7, 11) is 0. The normalized spacial score (nSPS) is 11.2. The summed E-state index contributed by atoms with van der Waals surface area (Å²) in [6, 6.07) is 8.95. The van der Waals surface area contributed by atoms with Crippen molar-refractivity contribution in [2.24, 2.45) is 0 Å². The van der Waals surface area contributed by atoms with Crippen LogP contribution in [0, 0.1) is 11.6 Å². The number of halogens is 4. The molecule has 0 bridgehead atoms. The highest BCUT2D eigenvalue weighted by atomic mass is 79.9. The van der Waals surface area contributed by atoms with Gasteiger partial charge < -0.3 is 0 Å². The van der Waals surface area contributed by atoms with E-state index in [9.17, 15) is 8.78 Å². The molecular formula is C14H8BrClF2N2. The van der Waals surface area contributed by atoms with Gasteiger partial charge in [-0.25, -0.2) is 13.8 Å². The Balaban J connectivity index is 2.30. The van der Waals surface area contributed by atoms with Crippen molar-refractivity contribution in [1.82, 2.24) is 9.55 Å². The number of fused-ring (bicyclic) bond motifs is 1. The van der Waals surface area contributed by atoms with Crippen LogP contribution < -0.4 is 0 Å². The molecule has 0 spiro atoms. The van der Waals surface area contributed by atoms with Crippen LogP contribution in [0.25, 0.3) is 16.7 Å². The second-order valence-corrected chi connectivity index (χ2v) is 5.35. The van der Waals surface area contributed by atoms with Crippen LogP contribution >= 0.6 is 27.5 Å². The van der Waals surface area contributed by atoms with E-state index in [2.05, 4.69) is 20.9 Å². The Kier molecular flexibility index (Phi) is 3.48. The van der Waals surface area contributed by atoms with Crippen molar-refractivity contribution in [3.05, 3.63) is 58.3 Å². The predicted octanol–water partition coefficient (Wildman–Crippen LogP) is 4.81. The minimum absolute atomic E-state index is 0.172. The average molecular weight is 358 g/mol. The molecule has 2 aromatic carbocycles. The van der Waals surface area contributed by atoms with E-state index in [1.165, 1.54) is 18.2 Å². The van der Waals surface area contributed by atoms with Gasteiger partial charge in [0.1, 0.15) is 17.5 Å². The lowest BCUT2D eigenvalue weighted by Gasteiger charge is -2.08. The van der Waals surface area contributed by atoms with Gasteiger partial charge in [0.15, 0.2) is 0 Å². The molecule has 0 aliphatic carbocycles. The number of imidazole rings is 1. The molecule has 0 unspecified atom stereocenters. The van der Waals surface area contributed by atoms with Crippen LogP contribution in [0.5, 0.6) is 0 Å². The summed E-state index contributed by atoms with van der Waals surface area (Å²) in [5.41, 5.74) is 1.95. The Morgan fingerprint density at radius 3 is 2.65 bits per heavy atom. The number of benzene rings is 2.